The Balaban J connectivity index is 1.29. The quantitative estimate of drug-likeness (QED) is 0.528. The van der Waals surface area contributed by atoms with Gasteiger partial charge in [0, 0.05) is 43.9 Å². The van der Waals surface area contributed by atoms with Crippen molar-refractivity contribution in [2.45, 2.75) is 45.5 Å². The number of rotatable bonds is 7. The molecule has 3 N–H and O–H groups in total. The summed E-state index contributed by atoms with van der Waals surface area (Å²) in [4.78, 5) is 15.9. The van der Waals surface area contributed by atoms with Gasteiger partial charge in [0.1, 0.15) is 29.2 Å². The monoisotopic (exact) mass is 487 g/mol. The van der Waals surface area contributed by atoms with E-state index >= 15 is 0 Å². The van der Waals surface area contributed by atoms with E-state index < -0.39 is 0 Å². The summed E-state index contributed by atoms with van der Waals surface area (Å²) in [7, 11) is 1.78. The Hall–Kier alpha value is -3.69. The number of allylic oxidation sites excluding steroid dienone is 3. The molecule has 9 heteroatoms. The highest BCUT2D eigenvalue weighted by atomic mass is 16.5. The molecule has 9 nitrogen and oxygen atoms in total. The average Bonchev–Trinajstić information content (AvgIpc) is 2.91. The van der Waals surface area contributed by atoms with Crippen LogP contribution in [-0.2, 0) is 4.74 Å². The number of piperidine rings is 1. The van der Waals surface area contributed by atoms with Crippen molar-refractivity contribution >= 4 is 23.4 Å². The van der Waals surface area contributed by atoms with Crippen LogP contribution in [0.1, 0.15) is 37.4 Å². The highest BCUT2D eigenvalue weighted by molar-refractivity contribution is 5.92. The first-order valence-electron chi connectivity index (χ1n) is 12.4. The molecule has 1 unspecified atom stereocenters. The number of methoxy groups -OCH3 is 1. The number of aromatic nitrogens is 2. The molecule has 0 saturated carbocycles. The van der Waals surface area contributed by atoms with E-state index in [2.05, 4.69) is 54.9 Å². The molecule has 0 amide bonds. The second-order valence-corrected chi connectivity index (χ2v) is 9.05. The summed E-state index contributed by atoms with van der Waals surface area (Å²) < 4.78 is 11.7. The maximum Gasteiger partial charge on any atom is 0.176 e. The summed E-state index contributed by atoms with van der Waals surface area (Å²) >= 11 is 0. The average molecular weight is 488 g/mol. The van der Waals surface area contributed by atoms with Crippen LogP contribution in [0.4, 0.5) is 17.2 Å². The van der Waals surface area contributed by atoms with Gasteiger partial charge in [0.05, 0.1) is 12.3 Å². The first kappa shape index (κ1) is 24.0. The number of aliphatic imine (C=N–C) groups is 1. The number of aryl methyl sites for hydroxylation is 1. The fraction of sp³-hybridized carbons (Fsp3) is 0.370. The van der Waals surface area contributed by atoms with Gasteiger partial charge in [0.25, 0.3) is 0 Å². The molecule has 188 valence electrons. The number of anilines is 3. The zero-order valence-corrected chi connectivity index (χ0v) is 21.0. The van der Waals surface area contributed by atoms with E-state index in [1.165, 1.54) is 0 Å². The van der Waals surface area contributed by atoms with Crippen LogP contribution in [-0.4, -0.2) is 53.7 Å². The fourth-order valence-electron chi connectivity index (χ4n) is 4.55. The summed E-state index contributed by atoms with van der Waals surface area (Å²) in [5, 5.41) is 10.2. The molecule has 0 radical (unpaired) electrons. The van der Waals surface area contributed by atoms with Crippen LogP contribution >= 0.6 is 0 Å². The number of hydrogen-bond donors (Lipinski definition) is 3. The first-order valence-corrected chi connectivity index (χ1v) is 12.4. The SMILES string of the molecule is CCC=C1C=C(Oc2ccc(Nc3ncnc4c3NC(N3CCC(OC)CC3)N=C4)cc2C)C=CN1. The Morgan fingerprint density at radius 3 is 2.86 bits per heavy atom. The highest BCUT2D eigenvalue weighted by Crippen LogP contribution is 2.31. The molecule has 0 bridgehead atoms. The smallest absolute Gasteiger partial charge is 0.176 e. The second-order valence-electron chi connectivity index (χ2n) is 9.05. The Morgan fingerprint density at radius 2 is 2.08 bits per heavy atom. The van der Waals surface area contributed by atoms with Crippen LogP contribution in [0.5, 0.6) is 5.75 Å². The molecule has 3 aliphatic heterocycles. The third kappa shape index (κ3) is 5.42. The number of benzene rings is 1. The molecule has 1 saturated heterocycles. The van der Waals surface area contributed by atoms with Crippen LogP contribution in [0, 0.1) is 6.92 Å². The molecule has 36 heavy (non-hydrogen) atoms. The van der Waals surface area contributed by atoms with Gasteiger partial charge in [-0.2, -0.15) is 0 Å². The van der Waals surface area contributed by atoms with E-state index in [4.69, 9.17) is 9.47 Å². The summed E-state index contributed by atoms with van der Waals surface area (Å²) in [6, 6.07) is 6.03. The van der Waals surface area contributed by atoms with Crippen LogP contribution < -0.4 is 20.7 Å². The maximum atomic E-state index is 6.15. The molecular weight excluding hydrogens is 454 g/mol. The molecule has 1 atom stereocenters. The lowest BCUT2D eigenvalue weighted by atomic mass is 10.1. The van der Waals surface area contributed by atoms with Crippen molar-refractivity contribution in [3.63, 3.8) is 0 Å². The first-order chi connectivity index (χ1) is 17.6. The number of fused-ring (bicyclic) bond motifs is 1. The lowest BCUT2D eigenvalue weighted by molar-refractivity contribution is 0.0320. The van der Waals surface area contributed by atoms with Crippen LogP contribution in [0.25, 0.3) is 0 Å². The van der Waals surface area contributed by atoms with E-state index in [0.717, 1.165) is 72.2 Å². The standard InChI is InChI=1S/C27H33N7O2/c1-4-5-19-15-22(8-11-28-19)36-24-7-6-20(14-18(24)2)32-26-25-23(30-17-31-26)16-29-27(33-25)34-12-9-21(35-3)10-13-34/h5-8,11,14-17,21,27-28,33H,4,9-10,12-13H2,1-3H3,(H,30,31,32). The van der Waals surface area contributed by atoms with Gasteiger partial charge in [-0.3, -0.25) is 9.89 Å². The topological polar surface area (TPSA) is 95.9 Å². The van der Waals surface area contributed by atoms with Gasteiger partial charge in [0.2, 0.25) is 0 Å². The molecular formula is C27H33N7O2. The van der Waals surface area contributed by atoms with Crippen LogP contribution in [0.15, 0.2) is 65.4 Å². The molecule has 1 aromatic heterocycles. The Labute approximate surface area is 212 Å². The number of nitrogens with one attached hydrogen (secondary N) is 3. The largest absolute Gasteiger partial charge is 0.457 e. The normalized spacial score (nSPS) is 20.9. The van der Waals surface area contributed by atoms with E-state index in [9.17, 15) is 0 Å². The molecule has 1 fully saturated rings. The van der Waals surface area contributed by atoms with E-state index in [1.807, 2.05) is 43.6 Å². The Morgan fingerprint density at radius 1 is 1.22 bits per heavy atom. The summed E-state index contributed by atoms with van der Waals surface area (Å²) in [6.45, 7) is 6.00. The number of ether oxygens (including phenoxy) is 2. The van der Waals surface area contributed by atoms with Crippen molar-refractivity contribution in [1.82, 2.24) is 20.2 Å². The molecule has 1 aromatic carbocycles. The summed E-state index contributed by atoms with van der Waals surface area (Å²) in [5.41, 5.74) is 4.60. The van der Waals surface area contributed by atoms with E-state index in [-0.39, 0.29) is 6.29 Å². The molecule has 0 aliphatic carbocycles. The number of dihydropyridines is 1. The van der Waals surface area contributed by atoms with Crippen molar-refractivity contribution in [2.24, 2.45) is 4.99 Å². The molecule has 3 aliphatic rings. The number of nitrogens with zero attached hydrogens (tertiary/aromatic N) is 4. The lowest BCUT2D eigenvalue weighted by Crippen LogP contribution is -2.47. The van der Waals surface area contributed by atoms with E-state index in [0.29, 0.717) is 11.9 Å². The third-order valence-electron chi connectivity index (χ3n) is 6.53. The molecule has 0 spiro atoms. The van der Waals surface area contributed by atoms with Gasteiger partial charge in [0.15, 0.2) is 12.1 Å². The van der Waals surface area contributed by atoms with Gasteiger partial charge < -0.3 is 25.4 Å². The minimum absolute atomic E-state index is 0.141. The minimum atomic E-state index is -0.141. The molecule has 2 aromatic rings. The van der Waals surface area contributed by atoms with Gasteiger partial charge in [-0.15, -0.1) is 0 Å². The predicted molar refractivity (Wildman–Crippen MR) is 142 cm³/mol. The molecule has 4 heterocycles. The Kier molecular flexibility index (Phi) is 7.29. The highest BCUT2D eigenvalue weighted by Gasteiger charge is 2.28. The van der Waals surface area contributed by atoms with Crippen molar-refractivity contribution in [1.29, 1.82) is 0 Å². The second kappa shape index (κ2) is 10.9. The third-order valence-corrected chi connectivity index (χ3v) is 6.53. The van der Waals surface area contributed by atoms with E-state index in [1.54, 1.807) is 13.4 Å². The van der Waals surface area contributed by atoms with Crippen LogP contribution in [0.3, 0.4) is 0 Å². The van der Waals surface area contributed by atoms with Crippen LogP contribution in [0.2, 0.25) is 0 Å². The maximum absolute atomic E-state index is 6.15. The minimum Gasteiger partial charge on any atom is -0.457 e. The Bertz CT molecular complexity index is 1210. The summed E-state index contributed by atoms with van der Waals surface area (Å²) in [6.07, 6.45) is 14.5. The fourth-order valence-corrected chi connectivity index (χ4v) is 4.55. The van der Waals surface area contributed by atoms with Crippen molar-refractivity contribution in [3.05, 3.63) is 71.7 Å². The zero-order valence-electron chi connectivity index (χ0n) is 21.0. The van der Waals surface area contributed by atoms with Gasteiger partial charge in [-0.1, -0.05) is 13.0 Å². The van der Waals surface area contributed by atoms with Crippen molar-refractivity contribution in [2.75, 3.05) is 30.8 Å². The summed E-state index contributed by atoms with van der Waals surface area (Å²) in [5.74, 6) is 2.32. The number of hydrogen-bond acceptors (Lipinski definition) is 9. The zero-order chi connectivity index (χ0) is 24.9. The van der Waals surface area contributed by atoms with Gasteiger partial charge in [-0.05, 0) is 56.0 Å². The molecule has 5 rings (SSSR count). The predicted octanol–water partition coefficient (Wildman–Crippen LogP) is 4.44. The van der Waals surface area contributed by atoms with Crippen molar-refractivity contribution < 1.29 is 9.47 Å². The van der Waals surface area contributed by atoms with Gasteiger partial charge >= 0.3 is 0 Å². The number of likely N-dealkylation sites (tertiary alicyclic amines) is 1. The van der Waals surface area contributed by atoms with Gasteiger partial charge in [-0.25, -0.2) is 9.97 Å². The lowest BCUT2D eigenvalue weighted by Gasteiger charge is -2.37. The van der Waals surface area contributed by atoms with Crippen molar-refractivity contribution in [3.8, 4) is 5.75 Å².